The lowest BCUT2D eigenvalue weighted by Gasteiger charge is -2.60. The van der Waals surface area contributed by atoms with Crippen molar-refractivity contribution >= 4 is 28.4 Å². The molecule has 0 aromatic rings. The zero-order valence-electron chi connectivity index (χ0n) is 10.1. The van der Waals surface area contributed by atoms with E-state index in [9.17, 15) is 0 Å². The molecule has 0 saturated heterocycles. The minimum Gasteiger partial charge on any atom is -0.472 e. The van der Waals surface area contributed by atoms with Crippen molar-refractivity contribution in [1.82, 2.24) is 0 Å². The van der Waals surface area contributed by atoms with Gasteiger partial charge in [0.2, 0.25) is 4.38 Å². The Hall–Kier alpha value is 0.240. The third kappa shape index (κ3) is 1.80. The summed E-state index contributed by atoms with van der Waals surface area (Å²) in [7, 11) is 0. The van der Waals surface area contributed by atoms with Crippen LogP contribution in [0.25, 0.3) is 0 Å². The molecule has 0 spiro atoms. The van der Waals surface area contributed by atoms with Crippen molar-refractivity contribution in [3.63, 3.8) is 0 Å². The predicted molar refractivity (Wildman–Crippen MR) is 72.7 cm³/mol. The zero-order valence-corrected chi connectivity index (χ0v) is 11.8. The summed E-state index contributed by atoms with van der Waals surface area (Å²) >= 11 is 6.85. The largest absolute Gasteiger partial charge is 0.472 e. The molecule has 0 N–H and O–H groups in total. The summed E-state index contributed by atoms with van der Waals surface area (Å²) in [4.78, 5) is 0. The maximum absolute atomic E-state index is 6.16. The first-order valence-electron chi connectivity index (χ1n) is 6.30. The van der Waals surface area contributed by atoms with Crippen molar-refractivity contribution in [2.45, 2.75) is 51.0 Å². The van der Waals surface area contributed by atoms with Crippen LogP contribution in [0, 0.1) is 17.3 Å². The highest BCUT2D eigenvalue weighted by Gasteiger charge is 2.57. The molecule has 0 aromatic carbocycles. The lowest BCUT2D eigenvalue weighted by atomic mass is 9.48. The number of thioether (sulfide) groups is 1. The maximum atomic E-state index is 6.16. The van der Waals surface area contributed by atoms with Crippen LogP contribution in [0.2, 0.25) is 0 Å². The molecule has 1 nitrogen and oxygen atoms in total. The molecule has 0 heterocycles. The van der Waals surface area contributed by atoms with E-state index in [1.165, 1.54) is 38.5 Å². The first-order chi connectivity index (χ1) is 7.53. The smallest absolute Gasteiger partial charge is 0.220 e. The molecular weight excluding hydrogens is 236 g/mol. The first-order valence-corrected chi connectivity index (χ1v) is 7.93. The van der Waals surface area contributed by atoms with Crippen LogP contribution in [0.3, 0.4) is 0 Å². The standard InChI is InChI=1S/C13H20OS2/c1-12-4-9-3-10(5-12)7-13(6-9,8-12)14-11(15)16-2/h9-10H,3-8H2,1-2H3/t9-,10+,12?,13?. The molecule has 0 radical (unpaired) electrons. The van der Waals surface area contributed by atoms with Crippen LogP contribution in [0.5, 0.6) is 0 Å². The van der Waals surface area contributed by atoms with E-state index in [1.807, 2.05) is 6.26 Å². The molecule has 4 atom stereocenters. The van der Waals surface area contributed by atoms with Gasteiger partial charge in [-0.25, -0.2) is 0 Å². The van der Waals surface area contributed by atoms with Crippen molar-refractivity contribution < 1.29 is 4.74 Å². The normalized spacial score (nSPS) is 49.4. The molecule has 0 aromatic heterocycles. The molecule has 16 heavy (non-hydrogen) atoms. The van der Waals surface area contributed by atoms with E-state index in [-0.39, 0.29) is 5.60 Å². The average Bonchev–Trinajstić information content (AvgIpc) is 2.12. The van der Waals surface area contributed by atoms with Gasteiger partial charge in [0, 0.05) is 0 Å². The highest BCUT2D eigenvalue weighted by molar-refractivity contribution is 8.22. The number of rotatable bonds is 1. The lowest BCUT2D eigenvalue weighted by Crippen LogP contribution is -2.56. The van der Waals surface area contributed by atoms with Crippen LogP contribution in [0.4, 0.5) is 0 Å². The summed E-state index contributed by atoms with van der Waals surface area (Å²) in [5.41, 5.74) is 0.678. The van der Waals surface area contributed by atoms with Crippen LogP contribution in [-0.4, -0.2) is 16.2 Å². The van der Waals surface area contributed by atoms with Gasteiger partial charge in [-0.1, -0.05) is 18.7 Å². The van der Waals surface area contributed by atoms with Crippen molar-refractivity contribution in [2.24, 2.45) is 17.3 Å². The van der Waals surface area contributed by atoms with E-state index < -0.39 is 0 Å². The second kappa shape index (κ2) is 3.61. The van der Waals surface area contributed by atoms with Crippen LogP contribution >= 0.6 is 24.0 Å². The summed E-state index contributed by atoms with van der Waals surface area (Å²) < 4.78 is 6.91. The van der Waals surface area contributed by atoms with Gasteiger partial charge in [-0.3, -0.25) is 0 Å². The Morgan fingerprint density at radius 1 is 1.25 bits per heavy atom. The van der Waals surface area contributed by atoms with Gasteiger partial charge in [-0.05, 0) is 74.2 Å². The maximum Gasteiger partial charge on any atom is 0.220 e. The zero-order chi connectivity index (χ0) is 11.4. The van der Waals surface area contributed by atoms with E-state index in [4.69, 9.17) is 17.0 Å². The fourth-order valence-electron chi connectivity index (χ4n) is 4.97. The van der Waals surface area contributed by atoms with Gasteiger partial charge in [0.25, 0.3) is 0 Å². The Morgan fingerprint density at radius 2 is 1.88 bits per heavy atom. The predicted octanol–water partition coefficient (Wildman–Crippen LogP) is 4.01. The molecule has 90 valence electrons. The van der Waals surface area contributed by atoms with Gasteiger partial charge in [0.1, 0.15) is 5.60 Å². The average molecular weight is 256 g/mol. The SMILES string of the molecule is CSC(=S)OC12C[C@@H]3C[C@@H](CC(C)(C3)C1)C2. The van der Waals surface area contributed by atoms with Crippen molar-refractivity contribution in [3.05, 3.63) is 0 Å². The minimum atomic E-state index is 0.124. The summed E-state index contributed by atoms with van der Waals surface area (Å²) in [5.74, 6) is 1.83. The van der Waals surface area contributed by atoms with Gasteiger partial charge >= 0.3 is 0 Å². The van der Waals surface area contributed by atoms with Gasteiger partial charge in [-0.2, -0.15) is 0 Å². The second-order valence-electron chi connectivity index (χ2n) is 6.51. The third-order valence-corrected chi connectivity index (χ3v) is 5.77. The quantitative estimate of drug-likeness (QED) is 0.656. The van der Waals surface area contributed by atoms with E-state index in [1.54, 1.807) is 11.8 Å². The van der Waals surface area contributed by atoms with Gasteiger partial charge < -0.3 is 4.74 Å². The Bertz CT molecular complexity index is 312. The molecule has 4 bridgehead atoms. The molecule has 0 amide bonds. The highest BCUT2D eigenvalue weighted by Crippen LogP contribution is 2.62. The first kappa shape index (κ1) is 11.3. The van der Waals surface area contributed by atoms with E-state index >= 15 is 0 Å². The molecule has 4 aliphatic rings. The Kier molecular flexibility index (Phi) is 2.56. The number of ether oxygens (including phenoxy) is 1. The lowest BCUT2D eigenvalue weighted by molar-refractivity contribution is -0.146. The van der Waals surface area contributed by atoms with Gasteiger partial charge in [-0.15, -0.1) is 0 Å². The highest BCUT2D eigenvalue weighted by atomic mass is 32.2. The van der Waals surface area contributed by atoms with Gasteiger partial charge in [0.05, 0.1) is 0 Å². The molecule has 4 rings (SSSR count). The summed E-state index contributed by atoms with van der Waals surface area (Å²) in [6.45, 7) is 2.46. The summed E-state index contributed by atoms with van der Waals surface area (Å²) in [6, 6.07) is 0. The van der Waals surface area contributed by atoms with E-state index in [0.29, 0.717) is 5.41 Å². The molecule has 3 heteroatoms. The molecule has 4 aliphatic carbocycles. The van der Waals surface area contributed by atoms with E-state index in [2.05, 4.69) is 6.92 Å². The Morgan fingerprint density at radius 3 is 2.38 bits per heavy atom. The number of hydrogen-bond acceptors (Lipinski definition) is 3. The third-order valence-electron chi connectivity index (χ3n) is 4.77. The van der Waals surface area contributed by atoms with Crippen LogP contribution in [0.1, 0.15) is 45.4 Å². The fraction of sp³-hybridized carbons (Fsp3) is 0.923. The summed E-state index contributed by atoms with van der Waals surface area (Å²) in [6.07, 6.45) is 10.1. The second-order valence-corrected chi connectivity index (χ2v) is 7.92. The topological polar surface area (TPSA) is 9.23 Å². The molecular formula is C13H20OS2. The van der Waals surface area contributed by atoms with Crippen LogP contribution in [-0.2, 0) is 4.74 Å². The van der Waals surface area contributed by atoms with E-state index in [0.717, 1.165) is 16.2 Å². The van der Waals surface area contributed by atoms with Crippen LogP contribution in [0.15, 0.2) is 0 Å². The van der Waals surface area contributed by atoms with Crippen molar-refractivity contribution in [3.8, 4) is 0 Å². The molecule has 0 aliphatic heterocycles. The molecule has 2 unspecified atom stereocenters. The number of hydrogen-bond donors (Lipinski definition) is 0. The Labute approximate surface area is 108 Å². The molecule has 4 saturated carbocycles. The van der Waals surface area contributed by atoms with Crippen molar-refractivity contribution in [2.75, 3.05) is 6.26 Å². The number of thiocarbonyl (C=S) groups is 1. The molecule has 4 fully saturated rings. The monoisotopic (exact) mass is 256 g/mol. The van der Waals surface area contributed by atoms with Crippen molar-refractivity contribution in [1.29, 1.82) is 0 Å². The minimum absolute atomic E-state index is 0.124. The van der Waals surface area contributed by atoms with Gasteiger partial charge in [0.15, 0.2) is 0 Å². The summed E-state index contributed by atoms with van der Waals surface area (Å²) in [5, 5.41) is 0. The van der Waals surface area contributed by atoms with Crippen LogP contribution < -0.4 is 0 Å². The Balaban J connectivity index is 1.83. The fourth-order valence-corrected chi connectivity index (χ4v) is 5.40.